The van der Waals surface area contributed by atoms with E-state index in [0.29, 0.717) is 0 Å². The van der Waals surface area contributed by atoms with Gasteiger partial charge in [-0.2, -0.15) is 0 Å². The van der Waals surface area contributed by atoms with E-state index in [-0.39, 0.29) is 0 Å². The zero-order chi connectivity index (χ0) is 14.4. The van der Waals surface area contributed by atoms with Crippen molar-refractivity contribution in [3.8, 4) is 11.5 Å². The third-order valence-corrected chi connectivity index (χ3v) is 3.33. The fourth-order valence-electron chi connectivity index (χ4n) is 2.21. The van der Waals surface area contributed by atoms with E-state index < -0.39 is 0 Å². The molecule has 0 saturated heterocycles. The molecule has 3 nitrogen and oxygen atoms in total. The highest BCUT2D eigenvalue weighted by atomic mass is 16.5. The van der Waals surface area contributed by atoms with Crippen LogP contribution in [0.3, 0.4) is 0 Å². The molecule has 5 heteroatoms. The van der Waals surface area contributed by atoms with Crippen molar-refractivity contribution in [3.05, 3.63) is 54.1 Å². The molecule has 0 radical (unpaired) electrons. The van der Waals surface area contributed by atoms with E-state index in [1.54, 1.807) is 14.2 Å². The lowest BCUT2D eigenvalue weighted by Crippen LogP contribution is -2.27. The van der Waals surface area contributed by atoms with Gasteiger partial charge in [0.2, 0.25) is 0 Å². The summed E-state index contributed by atoms with van der Waals surface area (Å²) in [6.07, 6.45) is 0. The van der Waals surface area contributed by atoms with Crippen LogP contribution in [0.2, 0.25) is 0 Å². The Balaban J connectivity index is 2.23. The molecular weight excluding hydrogens is 248 g/mol. The maximum atomic E-state index is 5.37. The van der Waals surface area contributed by atoms with Crippen LogP contribution in [0.5, 0.6) is 11.5 Å². The molecule has 2 aromatic rings. The zero-order valence-electron chi connectivity index (χ0n) is 12.3. The lowest BCUT2D eigenvalue weighted by Gasteiger charge is -2.24. The normalized spacial score (nSPS) is 9.90. The summed E-state index contributed by atoms with van der Waals surface area (Å²) in [4.78, 5) is 2.30. The summed E-state index contributed by atoms with van der Waals surface area (Å²) >= 11 is 0. The molecule has 0 spiro atoms. The second kappa shape index (κ2) is 6.94. The minimum absolute atomic E-state index is 0.756. The first-order chi connectivity index (χ1) is 9.78. The average molecular weight is 267 g/mol. The Morgan fingerprint density at radius 1 is 1.00 bits per heavy atom. The molecule has 0 aliphatic heterocycles. The Labute approximate surface area is 122 Å². The molecule has 0 unspecified atom stereocenters. The molecule has 0 aromatic heterocycles. The Bertz CT molecular complexity index is 549. The van der Waals surface area contributed by atoms with Gasteiger partial charge >= 0.3 is 0 Å². The molecule has 20 heavy (non-hydrogen) atoms. The summed E-state index contributed by atoms with van der Waals surface area (Å²) in [6.45, 7) is 0.882. The number of benzene rings is 2. The van der Waals surface area contributed by atoms with Gasteiger partial charge in [0.15, 0.2) is 18.8 Å². The van der Waals surface area contributed by atoms with Gasteiger partial charge in [-0.15, -0.1) is 0 Å². The fraction of sp³-hybridized carbons (Fsp3) is 0.200. The molecule has 102 valence electrons. The Hall–Kier alpha value is -2.03. The highest BCUT2D eigenvalue weighted by Crippen LogP contribution is 2.31. The van der Waals surface area contributed by atoms with E-state index in [9.17, 15) is 0 Å². The van der Waals surface area contributed by atoms with Crippen molar-refractivity contribution in [1.82, 2.24) is 0 Å². The van der Waals surface area contributed by atoms with Crippen LogP contribution in [0.1, 0.15) is 5.56 Å². The smallest absolute Gasteiger partial charge is 0.192 e. The van der Waals surface area contributed by atoms with Crippen molar-refractivity contribution in [3.63, 3.8) is 0 Å². The number of hydrogen-bond donors (Lipinski definition) is 0. The van der Waals surface area contributed by atoms with Crippen LogP contribution >= 0.6 is 0 Å². The van der Waals surface area contributed by atoms with Crippen molar-refractivity contribution in [2.45, 2.75) is 6.54 Å². The summed E-state index contributed by atoms with van der Waals surface area (Å²) in [5.74, 6) is 1.52. The fourth-order valence-corrected chi connectivity index (χ4v) is 2.21. The predicted octanol–water partition coefficient (Wildman–Crippen LogP) is 1.61. The molecule has 2 rings (SSSR count). The minimum Gasteiger partial charge on any atom is -0.493 e. The lowest BCUT2D eigenvalue weighted by molar-refractivity contribution is 0.355. The lowest BCUT2D eigenvalue weighted by atomic mass is 9.64. The van der Waals surface area contributed by atoms with Crippen LogP contribution in [-0.2, 0) is 6.54 Å². The highest BCUT2D eigenvalue weighted by Gasteiger charge is 2.10. The first-order valence-corrected chi connectivity index (χ1v) is 6.79. The first kappa shape index (κ1) is 14.4. The molecule has 0 aliphatic rings. The average Bonchev–Trinajstić information content (AvgIpc) is 2.53. The van der Waals surface area contributed by atoms with Gasteiger partial charge in [-0.25, -0.2) is 0 Å². The SMILES string of the molecule is BBN(Cc1ccccc1)c1ccc(OC)c(OC)c1. The minimum atomic E-state index is 0.756. The van der Waals surface area contributed by atoms with E-state index in [1.807, 2.05) is 18.2 Å². The van der Waals surface area contributed by atoms with Crippen molar-refractivity contribution in [2.24, 2.45) is 0 Å². The quantitative estimate of drug-likeness (QED) is 0.742. The van der Waals surface area contributed by atoms with Gasteiger partial charge in [0, 0.05) is 18.3 Å². The summed E-state index contributed by atoms with van der Waals surface area (Å²) in [5, 5.41) is 0. The molecule has 0 heterocycles. The van der Waals surface area contributed by atoms with Crippen LogP contribution in [0.25, 0.3) is 0 Å². The van der Waals surface area contributed by atoms with Gasteiger partial charge in [0.1, 0.15) is 0 Å². The van der Waals surface area contributed by atoms with E-state index in [4.69, 9.17) is 9.47 Å². The summed E-state index contributed by atoms with van der Waals surface area (Å²) in [7, 11) is 6.40. The van der Waals surface area contributed by atoms with E-state index >= 15 is 0 Å². The number of nitrogens with zero attached hydrogens (tertiary/aromatic N) is 1. The largest absolute Gasteiger partial charge is 0.493 e. The highest BCUT2D eigenvalue weighted by molar-refractivity contribution is 6.91. The molecular formula is C15H19B2NO2. The van der Waals surface area contributed by atoms with Crippen molar-refractivity contribution >= 4 is 20.7 Å². The Kier molecular flexibility index (Phi) is 4.99. The summed E-state index contributed by atoms with van der Waals surface area (Å²) in [5.41, 5.74) is 2.43. The van der Waals surface area contributed by atoms with Crippen LogP contribution in [0, 0.1) is 0 Å². The van der Waals surface area contributed by atoms with Crippen molar-refractivity contribution in [1.29, 1.82) is 0 Å². The van der Waals surface area contributed by atoms with E-state index in [0.717, 1.165) is 31.0 Å². The van der Waals surface area contributed by atoms with E-state index in [2.05, 4.69) is 42.9 Å². The van der Waals surface area contributed by atoms with Gasteiger partial charge in [0.25, 0.3) is 0 Å². The predicted molar refractivity (Wildman–Crippen MR) is 87.9 cm³/mol. The third-order valence-electron chi connectivity index (χ3n) is 3.33. The standard InChI is InChI=1S/C15H19B2NO2/c1-19-14-9-8-13(10-15(14)20-2)18(17-16)11-12-6-4-3-5-7-12/h3-10,17H,11,16H2,1-2H3. The molecule has 0 bridgehead atoms. The molecule has 0 saturated carbocycles. The summed E-state index contributed by atoms with van der Waals surface area (Å²) < 4.78 is 10.6. The van der Waals surface area contributed by atoms with Crippen molar-refractivity contribution < 1.29 is 9.47 Å². The van der Waals surface area contributed by atoms with Gasteiger partial charge in [-0.05, 0) is 17.7 Å². The molecule has 0 aliphatic carbocycles. The van der Waals surface area contributed by atoms with Crippen LogP contribution in [0.4, 0.5) is 5.69 Å². The zero-order valence-corrected chi connectivity index (χ0v) is 12.3. The number of anilines is 1. The van der Waals surface area contributed by atoms with Gasteiger partial charge < -0.3 is 14.3 Å². The number of hydrogen-bond acceptors (Lipinski definition) is 3. The van der Waals surface area contributed by atoms with Gasteiger partial charge in [-0.3, -0.25) is 0 Å². The van der Waals surface area contributed by atoms with Crippen molar-refractivity contribution in [2.75, 3.05) is 19.0 Å². The van der Waals surface area contributed by atoms with Crippen LogP contribution in [-0.4, -0.2) is 29.3 Å². The van der Waals surface area contributed by atoms with Crippen LogP contribution < -0.4 is 14.3 Å². The molecule has 0 fully saturated rings. The molecule has 0 amide bonds. The van der Waals surface area contributed by atoms with E-state index in [1.165, 1.54) is 5.56 Å². The molecule has 0 atom stereocenters. The number of methoxy groups -OCH3 is 2. The molecule has 0 N–H and O–H groups in total. The van der Waals surface area contributed by atoms with Crippen LogP contribution in [0.15, 0.2) is 48.5 Å². The first-order valence-electron chi connectivity index (χ1n) is 6.79. The Morgan fingerprint density at radius 2 is 1.70 bits per heavy atom. The summed E-state index contributed by atoms with van der Waals surface area (Å²) in [6, 6.07) is 16.5. The van der Waals surface area contributed by atoms with Gasteiger partial charge in [0.05, 0.1) is 22.0 Å². The maximum Gasteiger partial charge on any atom is 0.192 e. The van der Waals surface area contributed by atoms with Gasteiger partial charge in [-0.1, -0.05) is 30.3 Å². The number of rotatable bonds is 6. The second-order valence-electron chi connectivity index (χ2n) is 4.54. The monoisotopic (exact) mass is 267 g/mol. The topological polar surface area (TPSA) is 21.7 Å². The third kappa shape index (κ3) is 3.29. The number of ether oxygens (including phenoxy) is 2. The Morgan fingerprint density at radius 3 is 2.30 bits per heavy atom. The molecule has 2 aromatic carbocycles. The maximum absolute atomic E-state index is 5.37. The second-order valence-corrected chi connectivity index (χ2v) is 4.54.